The smallest absolute Gasteiger partial charge is 0.357 e. The molecule has 1 heterocycles. The molecule has 0 atom stereocenters. The number of aliphatic imine (C=N–C) groups is 1. The highest BCUT2D eigenvalue weighted by molar-refractivity contribution is 14.0. The van der Waals surface area contributed by atoms with Crippen LogP contribution in [0.4, 0.5) is 13.2 Å². The largest absolute Gasteiger partial charge is 0.434 e. The summed E-state index contributed by atoms with van der Waals surface area (Å²) in [6, 6.07) is 0. The second-order valence-electron chi connectivity index (χ2n) is 6.45. The lowest BCUT2D eigenvalue weighted by Gasteiger charge is -2.25. The quantitative estimate of drug-likeness (QED) is 0.365. The van der Waals surface area contributed by atoms with Crippen molar-refractivity contribution in [2.75, 3.05) is 20.1 Å². The minimum absolute atomic E-state index is 0. The number of thiazole rings is 1. The molecule has 150 valence electrons. The summed E-state index contributed by atoms with van der Waals surface area (Å²) in [5, 5.41) is 7.08. The Kier molecular flexibility index (Phi) is 9.84. The Morgan fingerprint density at radius 1 is 1.35 bits per heavy atom. The summed E-state index contributed by atoms with van der Waals surface area (Å²) < 4.78 is 37.7. The van der Waals surface area contributed by atoms with Crippen molar-refractivity contribution in [3.63, 3.8) is 0 Å². The fraction of sp³-hybridized carbons (Fsp3) is 0.667. The van der Waals surface area contributed by atoms with Gasteiger partial charge in [-0.3, -0.25) is 4.79 Å². The standard InChI is InChI=1S/C15H24F3N5OS.HI/c1-6-19-13(23(5)8-11(24)22-14(2,3)4)20-7-12-21-10(9-25-12)15(16,17)18;/h9H,6-8H2,1-5H3,(H,19,20)(H,22,24);1H. The summed E-state index contributed by atoms with van der Waals surface area (Å²) in [6.07, 6.45) is -4.45. The van der Waals surface area contributed by atoms with Crippen LogP contribution in [0.15, 0.2) is 10.4 Å². The van der Waals surface area contributed by atoms with E-state index in [1.54, 1.807) is 11.9 Å². The number of nitrogens with one attached hydrogen (secondary N) is 2. The minimum atomic E-state index is -4.45. The summed E-state index contributed by atoms with van der Waals surface area (Å²) in [7, 11) is 1.69. The molecule has 26 heavy (non-hydrogen) atoms. The molecule has 11 heteroatoms. The lowest BCUT2D eigenvalue weighted by Crippen LogP contribution is -2.48. The number of nitrogens with zero attached hydrogens (tertiary/aromatic N) is 3. The predicted octanol–water partition coefficient (Wildman–Crippen LogP) is 3.09. The highest BCUT2D eigenvalue weighted by Crippen LogP contribution is 2.30. The van der Waals surface area contributed by atoms with Crippen molar-refractivity contribution in [2.45, 2.75) is 46.0 Å². The maximum atomic E-state index is 12.6. The molecule has 0 spiro atoms. The van der Waals surface area contributed by atoms with Crippen LogP contribution in [-0.2, 0) is 17.5 Å². The number of rotatable bonds is 5. The van der Waals surface area contributed by atoms with Gasteiger partial charge >= 0.3 is 6.18 Å². The van der Waals surface area contributed by atoms with Gasteiger partial charge in [0.05, 0.1) is 13.1 Å². The van der Waals surface area contributed by atoms with Gasteiger partial charge in [0.2, 0.25) is 5.91 Å². The Morgan fingerprint density at radius 3 is 2.42 bits per heavy atom. The molecule has 0 radical (unpaired) electrons. The molecule has 6 nitrogen and oxygen atoms in total. The number of guanidine groups is 1. The average molecular weight is 507 g/mol. The van der Waals surface area contributed by atoms with Gasteiger partial charge in [-0.15, -0.1) is 35.3 Å². The Labute approximate surface area is 172 Å². The van der Waals surface area contributed by atoms with E-state index >= 15 is 0 Å². The third-order valence-electron chi connectivity index (χ3n) is 2.80. The number of hydrogen-bond donors (Lipinski definition) is 2. The molecule has 0 aliphatic heterocycles. The van der Waals surface area contributed by atoms with Gasteiger partial charge in [-0.1, -0.05) is 0 Å². The van der Waals surface area contributed by atoms with E-state index < -0.39 is 11.9 Å². The summed E-state index contributed by atoms with van der Waals surface area (Å²) in [5.74, 6) is 0.254. The van der Waals surface area contributed by atoms with E-state index in [9.17, 15) is 18.0 Å². The van der Waals surface area contributed by atoms with E-state index in [1.165, 1.54) is 0 Å². The monoisotopic (exact) mass is 507 g/mol. The molecule has 0 saturated heterocycles. The molecule has 0 aliphatic carbocycles. The number of hydrogen-bond acceptors (Lipinski definition) is 4. The molecule has 1 aromatic heterocycles. The average Bonchev–Trinajstić information content (AvgIpc) is 2.89. The van der Waals surface area contributed by atoms with Crippen LogP contribution in [0.2, 0.25) is 0 Å². The van der Waals surface area contributed by atoms with Crippen molar-refractivity contribution in [1.29, 1.82) is 0 Å². The first-order valence-electron chi connectivity index (χ1n) is 7.74. The first kappa shape index (κ1) is 24.9. The summed E-state index contributed by atoms with van der Waals surface area (Å²) in [4.78, 5) is 21.4. The topological polar surface area (TPSA) is 69.6 Å². The van der Waals surface area contributed by atoms with E-state index in [2.05, 4.69) is 20.6 Å². The van der Waals surface area contributed by atoms with Gasteiger partial charge < -0.3 is 15.5 Å². The molecule has 1 aromatic rings. The first-order valence-corrected chi connectivity index (χ1v) is 8.62. The number of alkyl halides is 3. The van der Waals surface area contributed by atoms with E-state index in [1.807, 2.05) is 27.7 Å². The molecular weight excluding hydrogens is 482 g/mol. The van der Waals surface area contributed by atoms with Crippen molar-refractivity contribution in [1.82, 2.24) is 20.5 Å². The van der Waals surface area contributed by atoms with Crippen LogP contribution in [0.3, 0.4) is 0 Å². The second kappa shape index (κ2) is 10.3. The number of amides is 1. The maximum absolute atomic E-state index is 12.6. The number of carbonyl (C=O) groups excluding carboxylic acids is 1. The fourth-order valence-corrected chi connectivity index (χ4v) is 2.60. The Hall–Kier alpha value is -1.11. The van der Waals surface area contributed by atoms with Gasteiger partial charge in [0.1, 0.15) is 5.01 Å². The molecule has 0 saturated carbocycles. The van der Waals surface area contributed by atoms with Gasteiger partial charge in [0.15, 0.2) is 11.7 Å². The SMILES string of the molecule is CCNC(=NCc1nc(C(F)(F)F)cs1)N(C)CC(=O)NC(C)(C)C.I. The van der Waals surface area contributed by atoms with Gasteiger partial charge in [-0.05, 0) is 27.7 Å². The fourth-order valence-electron chi connectivity index (χ4n) is 1.87. The highest BCUT2D eigenvalue weighted by atomic mass is 127. The Bertz CT molecular complexity index is 613. The highest BCUT2D eigenvalue weighted by Gasteiger charge is 2.33. The zero-order valence-corrected chi connectivity index (χ0v) is 18.5. The maximum Gasteiger partial charge on any atom is 0.434 e. The number of carbonyl (C=O) groups is 1. The minimum Gasteiger partial charge on any atom is -0.357 e. The van der Waals surface area contributed by atoms with Crippen LogP contribution in [0.25, 0.3) is 0 Å². The van der Waals surface area contributed by atoms with Crippen LogP contribution in [0.1, 0.15) is 38.4 Å². The van der Waals surface area contributed by atoms with Gasteiger partial charge in [0.25, 0.3) is 0 Å². The van der Waals surface area contributed by atoms with E-state index in [-0.39, 0.29) is 53.5 Å². The lowest BCUT2D eigenvalue weighted by atomic mass is 10.1. The van der Waals surface area contributed by atoms with Crippen LogP contribution < -0.4 is 10.6 Å². The molecule has 0 aromatic carbocycles. The lowest BCUT2D eigenvalue weighted by molar-refractivity contribution is -0.140. The van der Waals surface area contributed by atoms with Crippen LogP contribution >= 0.6 is 35.3 Å². The third kappa shape index (κ3) is 9.01. The Morgan fingerprint density at radius 2 is 1.96 bits per heavy atom. The summed E-state index contributed by atoms with van der Waals surface area (Å²) in [6.45, 7) is 8.16. The van der Waals surface area contributed by atoms with Crippen LogP contribution in [0.5, 0.6) is 0 Å². The molecule has 0 unspecified atom stereocenters. The van der Waals surface area contributed by atoms with Crippen molar-refractivity contribution in [3.8, 4) is 0 Å². The van der Waals surface area contributed by atoms with Crippen molar-refractivity contribution >= 4 is 47.2 Å². The molecule has 0 fully saturated rings. The Balaban J connectivity index is 0.00000625. The van der Waals surface area contributed by atoms with Crippen molar-refractivity contribution in [3.05, 3.63) is 16.1 Å². The van der Waals surface area contributed by atoms with E-state index in [0.717, 1.165) is 16.7 Å². The first-order chi connectivity index (χ1) is 11.4. The molecule has 2 N–H and O–H groups in total. The molecule has 1 rings (SSSR count). The van der Waals surface area contributed by atoms with Gasteiger partial charge in [-0.25, -0.2) is 9.98 Å². The molecule has 0 bridgehead atoms. The normalized spacial score (nSPS) is 12.4. The van der Waals surface area contributed by atoms with Crippen LogP contribution in [-0.4, -0.2) is 47.4 Å². The van der Waals surface area contributed by atoms with E-state index in [0.29, 0.717) is 12.5 Å². The predicted molar refractivity (Wildman–Crippen MR) is 108 cm³/mol. The molecular formula is C15H25F3IN5OS. The number of halogens is 4. The zero-order valence-electron chi connectivity index (χ0n) is 15.4. The zero-order chi connectivity index (χ0) is 19.3. The summed E-state index contributed by atoms with van der Waals surface area (Å²) >= 11 is 0.906. The number of aromatic nitrogens is 1. The summed E-state index contributed by atoms with van der Waals surface area (Å²) in [5.41, 5.74) is -1.26. The third-order valence-corrected chi connectivity index (χ3v) is 3.63. The molecule has 0 aliphatic rings. The van der Waals surface area contributed by atoms with Gasteiger partial charge in [-0.2, -0.15) is 13.2 Å². The van der Waals surface area contributed by atoms with E-state index in [4.69, 9.17) is 0 Å². The molecule has 1 amide bonds. The number of likely N-dealkylation sites (N-methyl/N-ethyl adjacent to an activating group) is 1. The van der Waals surface area contributed by atoms with Crippen LogP contribution in [0, 0.1) is 0 Å². The van der Waals surface area contributed by atoms with Gasteiger partial charge in [0, 0.05) is 24.5 Å². The second-order valence-corrected chi connectivity index (χ2v) is 7.39. The van der Waals surface area contributed by atoms with Crippen molar-refractivity contribution in [2.24, 2.45) is 4.99 Å². The van der Waals surface area contributed by atoms with Crippen molar-refractivity contribution < 1.29 is 18.0 Å².